The highest BCUT2D eigenvalue weighted by molar-refractivity contribution is 6.37. The average molecular weight is 401 g/mol. The van der Waals surface area contributed by atoms with Crippen LogP contribution in [0.5, 0.6) is 0 Å². The van der Waals surface area contributed by atoms with Gasteiger partial charge in [0.15, 0.2) is 11.6 Å². The Bertz CT molecular complexity index is 1120. The zero-order chi connectivity index (χ0) is 19.0. The molecule has 0 aliphatic carbocycles. The van der Waals surface area contributed by atoms with Crippen molar-refractivity contribution in [2.75, 3.05) is 0 Å². The molecule has 0 bridgehead atoms. The van der Waals surface area contributed by atoms with Gasteiger partial charge in [-0.25, -0.2) is 0 Å². The van der Waals surface area contributed by atoms with E-state index in [1.54, 1.807) is 21.5 Å². The van der Waals surface area contributed by atoms with Crippen molar-refractivity contribution in [1.29, 1.82) is 0 Å². The summed E-state index contributed by atoms with van der Waals surface area (Å²) < 4.78 is 3.24. The van der Waals surface area contributed by atoms with Crippen molar-refractivity contribution in [2.45, 2.75) is 20.3 Å². The molecule has 10 heteroatoms. The number of hydrogen-bond acceptors (Lipinski definition) is 6. The Hall–Kier alpha value is -2.84. The van der Waals surface area contributed by atoms with E-state index in [9.17, 15) is 0 Å². The number of aromatic nitrogens is 8. The molecule has 2 aromatic heterocycles. The number of hydrogen-bond donors (Lipinski definition) is 0. The van der Waals surface area contributed by atoms with Gasteiger partial charge in [-0.15, -0.1) is 10.2 Å². The van der Waals surface area contributed by atoms with Crippen molar-refractivity contribution in [1.82, 2.24) is 40.4 Å². The summed E-state index contributed by atoms with van der Waals surface area (Å²) >= 11 is 12.6. The van der Waals surface area contributed by atoms with Crippen LogP contribution in [0.15, 0.2) is 36.4 Å². The van der Waals surface area contributed by atoms with Crippen molar-refractivity contribution in [2.24, 2.45) is 0 Å². The minimum absolute atomic E-state index is 0.325. The first-order valence-corrected chi connectivity index (χ1v) is 8.86. The third-order valence-electron chi connectivity index (χ3n) is 4.16. The summed E-state index contributed by atoms with van der Waals surface area (Å²) in [5.41, 5.74) is 3.40. The molecular weight excluding hydrogens is 387 g/mol. The molecule has 4 aromatic rings. The third kappa shape index (κ3) is 3.29. The first-order valence-electron chi connectivity index (χ1n) is 8.11. The third-order valence-corrected chi connectivity index (χ3v) is 5.05. The lowest BCUT2D eigenvalue weighted by Crippen LogP contribution is -2.10. The van der Waals surface area contributed by atoms with Crippen LogP contribution < -0.4 is 0 Å². The molecule has 0 radical (unpaired) electrons. The second kappa shape index (κ2) is 7.05. The Labute approximate surface area is 164 Å². The maximum Gasteiger partial charge on any atom is 0.164 e. The van der Waals surface area contributed by atoms with Crippen molar-refractivity contribution >= 4 is 23.2 Å². The molecule has 0 atom stereocenters. The minimum atomic E-state index is 0.325. The van der Waals surface area contributed by atoms with Crippen LogP contribution in [0.3, 0.4) is 0 Å². The van der Waals surface area contributed by atoms with Gasteiger partial charge in [0.05, 0.1) is 22.8 Å². The summed E-state index contributed by atoms with van der Waals surface area (Å²) in [7, 11) is 0. The van der Waals surface area contributed by atoms with Gasteiger partial charge >= 0.3 is 0 Å². The van der Waals surface area contributed by atoms with Gasteiger partial charge < -0.3 is 0 Å². The molecule has 0 saturated heterocycles. The molecule has 0 amide bonds. The summed E-state index contributed by atoms with van der Waals surface area (Å²) in [6.07, 6.45) is 0.325. The molecule has 0 spiro atoms. The number of nitrogens with zero attached hydrogens (tertiary/aromatic N) is 8. The molecule has 8 nitrogen and oxygen atoms in total. The van der Waals surface area contributed by atoms with Crippen molar-refractivity contribution in [3.05, 3.63) is 69.2 Å². The topological polar surface area (TPSA) is 87.2 Å². The Kier molecular flexibility index (Phi) is 4.59. The average Bonchev–Trinajstić information content (AvgIpc) is 3.30. The zero-order valence-electron chi connectivity index (χ0n) is 14.5. The van der Waals surface area contributed by atoms with Crippen LogP contribution in [-0.4, -0.2) is 40.4 Å². The van der Waals surface area contributed by atoms with Crippen LogP contribution in [0, 0.1) is 13.8 Å². The van der Waals surface area contributed by atoms with E-state index in [1.165, 1.54) is 0 Å². The number of tetrazole rings is 2. The maximum atomic E-state index is 6.44. The van der Waals surface area contributed by atoms with Crippen LogP contribution in [-0.2, 0) is 6.42 Å². The van der Waals surface area contributed by atoms with Crippen LogP contribution >= 0.6 is 23.2 Å². The second-order valence-corrected chi connectivity index (χ2v) is 6.82. The molecule has 0 saturated carbocycles. The fraction of sp³-hybridized carbons (Fsp3) is 0.176. The Balaban J connectivity index is 1.72. The summed E-state index contributed by atoms with van der Waals surface area (Å²) in [4.78, 5) is 0. The normalized spacial score (nSPS) is 11.1. The largest absolute Gasteiger partial charge is 0.197 e. The van der Waals surface area contributed by atoms with Gasteiger partial charge in [0.1, 0.15) is 0 Å². The smallest absolute Gasteiger partial charge is 0.164 e. The van der Waals surface area contributed by atoms with Crippen molar-refractivity contribution < 1.29 is 0 Å². The van der Waals surface area contributed by atoms with Crippen molar-refractivity contribution in [3.8, 4) is 11.4 Å². The van der Waals surface area contributed by atoms with Gasteiger partial charge in [0.2, 0.25) is 0 Å². The summed E-state index contributed by atoms with van der Waals surface area (Å²) in [5, 5.41) is 25.1. The Morgan fingerprint density at radius 3 is 2.33 bits per heavy atom. The molecule has 4 rings (SSSR count). The zero-order valence-corrected chi connectivity index (χ0v) is 16.0. The first-order chi connectivity index (χ1) is 13.0. The summed E-state index contributed by atoms with van der Waals surface area (Å²) in [6.45, 7) is 3.86. The van der Waals surface area contributed by atoms with Gasteiger partial charge in [-0.3, -0.25) is 0 Å². The number of benzene rings is 2. The van der Waals surface area contributed by atoms with E-state index in [-0.39, 0.29) is 0 Å². The van der Waals surface area contributed by atoms with E-state index >= 15 is 0 Å². The molecule has 0 unspecified atom stereocenters. The van der Waals surface area contributed by atoms with Gasteiger partial charge in [0.25, 0.3) is 0 Å². The highest BCUT2D eigenvalue weighted by Gasteiger charge is 2.18. The minimum Gasteiger partial charge on any atom is -0.197 e. The molecule has 0 aliphatic heterocycles. The fourth-order valence-corrected chi connectivity index (χ4v) is 3.18. The van der Waals surface area contributed by atoms with Crippen molar-refractivity contribution in [3.63, 3.8) is 0 Å². The van der Waals surface area contributed by atoms with E-state index in [0.717, 1.165) is 16.8 Å². The van der Waals surface area contributed by atoms with Crippen LogP contribution in [0.25, 0.3) is 11.4 Å². The molecule has 0 fully saturated rings. The van der Waals surface area contributed by atoms with E-state index in [2.05, 4.69) is 31.1 Å². The fourth-order valence-electron chi connectivity index (χ4n) is 2.73. The van der Waals surface area contributed by atoms with Gasteiger partial charge in [0, 0.05) is 5.02 Å². The summed E-state index contributed by atoms with van der Waals surface area (Å²) in [6, 6.07) is 11.5. The maximum absolute atomic E-state index is 6.44. The number of aryl methyl sites for hydroxylation is 1. The lowest BCUT2D eigenvalue weighted by Gasteiger charge is -2.10. The summed E-state index contributed by atoms with van der Waals surface area (Å²) in [5.74, 6) is 1.17. The molecular formula is C17H14Cl2N8. The number of rotatable bonds is 4. The first kappa shape index (κ1) is 17.6. The van der Waals surface area contributed by atoms with Crippen LogP contribution in [0.1, 0.15) is 22.8 Å². The number of halogens is 2. The van der Waals surface area contributed by atoms with E-state index in [4.69, 9.17) is 23.2 Å². The molecule has 2 aromatic carbocycles. The van der Waals surface area contributed by atoms with Gasteiger partial charge in [-0.05, 0) is 70.1 Å². The highest BCUT2D eigenvalue weighted by atomic mass is 35.5. The molecule has 136 valence electrons. The van der Waals surface area contributed by atoms with E-state index in [1.807, 2.05) is 38.1 Å². The Morgan fingerprint density at radius 1 is 0.889 bits per heavy atom. The monoisotopic (exact) mass is 400 g/mol. The predicted octanol–water partition coefficient (Wildman–Crippen LogP) is 3.15. The Morgan fingerprint density at radius 2 is 1.59 bits per heavy atom. The van der Waals surface area contributed by atoms with E-state index < -0.39 is 0 Å². The van der Waals surface area contributed by atoms with E-state index in [0.29, 0.717) is 33.8 Å². The van der Waals surface area contributed by atoms with Gasteiger partial charge in [-0.2, -0.15) is 9.36 Å². The molecule has 27 heavy (non-hydrogen) atoms. The lowest BCUT2D eigenvalue weighted by molar-refractivity contribution is 0.740. The highest BCUT2D eigenvalue weighted by Crippen LogP contribution is 2.30. The van der Waals surface area contributed by atoms with Crippen LogP contribution in [0.2, 0.25) is 10.0 Å². The molecule has 0 N–H and O–H groups in total. The molecule has 2 heterocycles. The standard InChI is InChI=1S/C17H14Cl2N8/c1-10-4-3-5-12(8-10)26-15(20-22-24-26)9-16-21-23-25-27(16)14-7-6-13(18)11(2)17(14)19/h3-8H,9H2,1-2H3. The second-order valence-electron chi connectivity index (χ2n) is 6.04. The van der Waals surface area contributed by atoms with Gasteiger partial charge in [-0.1, -0.05) is 35.3 Å². The molecule has 0 aliphatic rings. The SMILES string of the molecule is Cc1cccc(-n2nnnc2Cc2nnnn2-c2ccc(Cl)c(C)c2Cl)c1. The quantitative estimate of drug-likeness (QED) is 0.522. The van der Waals surface area contributed by atoms with Crippen LogP contribution in [0.4, 0.5) is 0 Å². The predicted molar refractivity (Wildman–Crippen MR) is 101 cm³/mol. The lowest BCUT2D eigenvalue weighted by atomic mass is 10.2.